The lowest BCUT2D eigenvalue weighted by Crippen LogP contribution is -2.18. The molecule has 0 unspecified atom stereocenters. The zero-order chi connectivity index (χ0) is 15.4. The highest BCUT2D eigenvalue weighted by Crippen LogP contribution is 2.16. The molecule has 7 nitrogen and oxygen atoms in total. The van der Waals surface area contributed by atoms with Gasteiger partial charge in [-0.1, -0.05) is 17.3 Å². The molecule has 0 spiro atoms. The molecule has 1 N–H and O–H groups in total. The van der Waals surface area contributed by atoms with E-state index < -0.39 is 0 Å². The molecule has 1 aromatic carbocycles. The number of nitrogens with one attached hydrogen (secondary N) is 1. The monoisotopic (exact) mass is 310 g/mol. The number of hydrogen-bond donors (Lipinski definition) is 1. The summed E-state index contributed by atoms with van der Waals surface area (Å²) in [6, 6.07) is 9.07. The minimum absolute atomic E-state index is 0.0584. The summed E-state index contributed by atoms with van der Waals surface area (Å²) in [6.45, 7) is 0.0584. The fraction of sp³-hybridized carbons (Fsp3) is 0.0714. The van der Waals surface area contributed by atoms with Gasteiger partial charge in [0.2, 0.25) is 5.91 Å². The maximum absolute atomic E-state index is 11.8. The Morgan fingerprint density at radius 2 is 2.18 bits per heavy atom. The quantitative estimate of drug-likeness (QED) is 0.794. The van der Waals surface area contributed by atoms with E-state index >= 15 is 0 Å². The molecule has 0 aliphatic heterocycles. The van der Waals surface area contributed by atoms with Gasteiger partial charge in [0.1, 0.15) is 12.2 Å². The topological polar surface area (TPSA) is 96.5 Å². The van der Waals surface area contributed by atoms with Gasteiger partial charge in [-0.2, -0.15) is 5.26 Å². The smallest absolute Gasteiger partial charge is 0.247 e. The third-order valence-electron chi connectivity index (χ3n) is 2.83. The number of aromatic nitrogens is 4. The number of rotatable bonds is 4. The van der Waals surface area contributed by atoms with Crippen LogP contribution in [0.15, 0.2) is 42.0 Å². The Bertz CT molecular complexity index is 816. The van der Waals surface area contributed by atoms with Gasteiger partial charge in [-0.15, -0.1) is 16.4 Å². The first kappa shape index (κ1) is 13.9. The van der Waals surface area contributed by atoms with Gasteiger partial charge in [0.25, 0.3) is 0 Å². The van der Waals surface area contributed by atoms with Crippen molar-refractivity contribution >= 4 is 22.4 Å². The van der Waals surface area contributed by atoms with Crippen LogP contribution < -0.4 is 5.32 Å². The predicted molar refractivity (Wildman–Crippen MR) is 80.9 cm³/mol. The molecule has 0 saturated carbocycles. The third kappa shape index (κ3) is 3.16. The Morgan fingerprint density at radius 3 is 2.86 bits per heavy atom. The van der Waals surface area contributed by atoms with Gasteiger partial charge in [0.15, 0.2) is 5.13 Å². The normalized spacial score (nSPS) is 10.1. The van der Waals surface area contributed by atoms with Gasteiger partial charge in [-0.05, 0) is 12.1 Å². The zero-order valence-electron chi connectivity index (χ0n) is 11.3. The molecule has 0 aliphatic rings. The number of carbonyl (C=O) groups is 1. The van der Waals surface area contributed by atoms with Crippen molar-refractivity contribution in [2.45, 2.75) is 6.54 Å². The van der Waals surface area contributed by atoms with Crippen molar-refractivity contribution in [3.8, 4) is 17.3 Å². The minimum Gasteiger partial charge on any atom is -0.300 e. The van der Waals surface area contributed by atoms with Crippen LogP contribution in [0.1, 0.15) is 5.56 Å². The molecule has 108 valence electrons. The summed E-state index contributed by atoms with van der Waals surface area (Å²) in [4.78, 5) is 15.8. The second-order valence-corrected chi connectivity index (χ2v) is 5.27. The molecule has 0 bridgehead atoms. The number of amides is 1. The highest BCUT2D eigenvalue weighted by Gasteiger charge is 2.09. The molecular weight excluding hydrogens is 300 g/mol. The molecule has 8 heteroatoms. The van der Waals surface area contributed by atoms with Crippen LogP contribution in [0.2, 0.25) is 0 Å². The van der Waals surface area contributed by atoms with E-state index in [4.69, 9.17) is 5.26 Å². The van der Waals surface area contributed by atoms with Crippen LogP contribution >= 0.6 is 11.3 Å². The van der Waals surface area contributed by atoms with Crippen LogP contribution in [-0.4, -0.2) is 25.9 Å². The van der Waals surface area contributed by atoms with Crippen LogP contribution in [0, 0.1) is 11.3 Å². The molecule has 1 amide bonds. The molecular formula is C14H10N6OS. The van der Waals surface area contributed by atoms with E-state index in [9.17, 15) is 4.79 Å². The summed E-state index contributed by atoms with van der Waals surface area (Å²) in [7, 11) is 0. The summed E-state index contributed by atoms with van der Waals surface area (Å²) in [6.07, 6.45) is 3.31. The Balaban J connectivity index is 1.68. The van der Waals surface area contributed by atoms with Crippen molar-refractivity contribution in [1.82, 2.24) is 20.0 Å². The van der Waals surface area contributed by atoms with Gasteiger partial charge < -0.3 is 5.32 Å². The Kier molecular flexibility index (Phi) is 3.89. The Morgan fingerprint density at radius 1 is 1.36 bits per heavy atom. The lowest BCUT2D eigenvalue weighted by atomic mass is 10.1. The van der Waals surface area contributed by atoms with Crippen molar-refractivity contribution < 1.29 is 4.79 Å². The molecule has 3 aromatic rings. The second-order valence-electron chi connectivity index (χ2n) is 4.38. The zero-order valence-corrected chi connectivity index (χ0v) is 12.1. The molecule has 2 aromatic heterocycles. The first-order valence-electron chi connectivity index (χ1n) is 6.34. The van der Waals surface area contributed by atoms with Gasteiger partial charge >= 0.3 is 0 Å². The number of nitriles is 1. The van der Waals surface area contributed by atoms with Crippen molar-refractivity contribution in [2.75, 3.05) is 5.32 Å². The SMILES string of the molecule is N#Cc1ccc(-c2cn(CC(=O)Nc3nccs3)nn2)cc1. The van der Waals surface area contributed by atoms with E-state index in [-0.39, 0.29) is 12.5 Å². The lowest BCUT2D eigenvalue weighted by molar-refractivity contribution is -0.116. The second kappa shape index (κ2) is 6.15. The van der Waals surface area contributed by atoms with E-state index in [0.29, 0.717) is 16.4 Å². The molecule has 22 heavy (non-hydrogen) atoms. The number of thiazole rings is 1. The van der Waals surface area contributed by atoms with Crippen LogP contribution in [0.3, 0.4) is 0 Å². The first-order valence-corrected chi connectivity index (χ1v) is 7.22. The van der Waals surface area contributed by atoms with Gasteiger partial charge in [0, 0.05) is 17.1 Å². The molecule has 0 radical (unpaired) electrons. The van der Waals surface area contributed by atoms with E-state index in [2.05, 4.69) is 26.7 Å². The largest absolute Gasteiger partial charge is 0.300 e. The highest BCUT2D eigenvalue weighted by molar-refractivity contribution is 7.13. The van der Waals surface area contributed by atoms with E-state index in [0.717, 1.165) is 5.56 Å². The van der Waals surface area contributed by atoms with E-state index in [1.807, 2.05) is 0 Å². The van der Waals surface area contributed by atoms with Crippen LogP contribution in [0.25, 0.3) is 11.3 Å². The number of carbonyl (C=O) groups excluding carboxylic acids is 1. The van der Waals surface area contributed by atoms with E-state index in [1.54, 1.807) is 42.0 Å². The minimum atomic E-state index is -0.216. The Hall–Kier alpha value is -3.05. The highest BCUT2D eigenvalue weighted by atomic mass is 32.1. The fourth-order valence-electron chi connectivity index (χ4n) is 1.81. The lowest BCUT2D eigenvalue weighted by Gasteiger charge is -2.00. The summed E-state index contributed by atoms with van der Waals surface area (Å²) >= 11 is 1.35. The maximum Gasteiger partial charge on any atom is 0.247 e. The van der Waals surface area contributed by atoms with Crippen LogP contribution in [0.5, 0.6) is 0 Å². The van der Waals surface area contributed by atoms with E-state index in [1.165, 1.54) is 16.0 Å². The molecule has 3 rings (SSSR count). The Labute approximate surface area is 129 Å². The number of nitrogens with zero attached hydrogens (tertiary/aromatic N) is 5. The van der Waals surface area contributed by atoms with Crippen LogP contribution in [-0.2, 0) is 11.3 Å². The maximum atomic E-state index is 11.8. The standard InChI is InChI=1S/C14H10N6OS/c15-7-10-1-3-11(4-2-10)12-8-20(19-18-12)9-13(21)17-14-16-5-6-22-14/h1-6,8H,9H2,(H,16,17,21). The van der Waals surface area contributed by atoms with Crippen LogP contribution in [0.4, 0.5) is 5.13 Å². The summed E-state index contributed by atoms with van der Waals surface area (Å²) in [5.74, 6) is -0.216. The number of benzene rings is 1. The molecule has 2 heterocycles. The molecule has 0 atom stereocenters. The van der Waals surface area contributed by atoms with Crippen molar-refractivity contribution in [1.29, 1.82) is 5.26 Å². The predicted octanol–water partition coefficient (Wildman–Crippen LogP) is 1.91. The number of anilines is 1. The third-order valence-corrected chi connectivity index (χ3v) is 3.52. The van der Waals surface area contributed by atoms with Gasteiger partial charge in [-0.3, -0.25) is 4.79 Å². The van der Waals surface area contributed by atoms with Gasteiger partial charge in [-0.25, -0.2) is 9.67 Å². The fourth-order valence-corrected chi connectivity index (χ4v) is 2.36. The summed E-state index contributed by atoms with van der Waals surface area (Å²) in [5, 5.41) is 21.8. The van der Waals surface area contributed by atoms with Crippen molar-refractivity contribution in [3.63, 3.8) is 0 Å². The van der Waals surface area contributed by atoms with Crippen molar-refractivity contribution in [2.24, 2.45) is 0 Å². The number of hydrogen-bond acceptors (Lipinski definition) is 6. The van der Waals surface area contributed by atoms with Crippen molar-refractivity contribution in [3.05, 3.63) is 47.6 Å². The van der Waals surface area contributed by atoms with Gasteiger partial charge in [0.05, 0.1) is 17.8 Å². The average molecular weight is 310 g/mol. The first-order chi connectivity index (χ1) is 10.7. The molecule has 0 aliphatic carbocycles. The molecule has 0 saturated heterocycles. The summed E-state index contributed by atoms with van der Waals surface area (Å²) < 4.78 is 1.45. The average Bonchev–Trinajstić information content (AvgIpc) is 3.19. The molecule has 0 fully saturated rings. The summed E-state index contributed by atoms with van der Waals surface area (Å²) in [5.41, 5.74) is 2.07.